The Morgan fingerprint density at radius 1 is 1.24 bits per heavy atom. The molecule has 0 saturated heterocycles. The maximum absolute atomic E-state index is 14.0. The zero-order chi connectivity index (χ0) is 15.1. The Labute approximate surface area is 128 Å². The lowest BCUT2D eigenvalue weighted by Gasteiger charge is -2.26. The van der Waals surface area contributed by atoms with Crippen LogP contribution in [0.15, 0.2) is 18.2 Å². The molecule has 1 aliphatic rings. The second-order valence-corrected chi connectivity index (χ2v) is 6.10. The van der Waals surface area contributed by atoms with Crippen molar-refractivity contribution < 1.29 is 9.13 Å². The van der Waals surface area contributed by atoms with Gasteiger partial charge in [0.1, 0.15) is 0 Å². The third-order valence-corrected chi connectivity index (χ3v) is 4.60. The van der Waals surface area contributed by atoms with Gasteiger partial charge in [0.25, 0.3) is 0 Å². The van der Waals surface area contributed by atoms with Crippen molar-refractivity contribution >= 4 is 0 Å². The second-order valence-electron chi connectivity index (χ2n) is 6.10. The SMILES string of the molecule is CCCNCC1CCCCCC1c1ccc(OC)c(F)c1. The first kappa shape index (κ1) is 16.3. The predicted octanol–water partition coefficient (Wildman–Crippen LogP) is 4.50. The first-order valence-corrected chi connectivity index (χ1v) is 8.30. The zero-order valence-electron chi connectivity index (χ0n) is 13.3. The normalized spacial score (nSPS) is 22.8. The van der Waals surface area contributed by atoms with E-state index in [1.807, 2.05) is 6.07 Å². The van der Waals surface area contributed by atoms with Gasteiger partial charge in [-0.2, -0.15) is 0 Å². The van der Waals surface area contributed by atoms with E-state index < -0.39 is 0 Å². The van der Waals surface area contributed by atoms with Gasteiger partial charge in [0.15, 0.2) is 11.6 Å². The Bertz CT molecular complexity index is 435. The van der Waals surface area contributed by atoms with E-state index in [2.05, 4.69) is 12.2 Å². The van der Waals surface area contributed by atoms with Crippen molar-refractivity contribution in [1.82, 2.24) is 5.32 Å². The summed E-state index contributed by atoms with van der Waals surface area (Å²) in [6.45, 7) is 4.31. The van der Waals surface area contributed by atoms with E-state index in [-0.39, 0.29) is 5.82 Å². The van der Waals surface area contributed by atoms with E-state index >= 15 is 0 Å². The minimum absolute atomic E-state index is 0.237. The number of nitrogens with one attached hydrogen (secondary N) is 1. The van der Waals surface area contributed by atoms with Crippen LogP contribution in [0.1, 0.15) is 56.9 Å². The van der Waals surface area contributed by atoms with E-state index in [0.717, 1.165) is 25.1 Å². The summed E-state index contributed by atoms with van der Waals surface area (Å²) in [5.74, 6) is 1.19. The van der Waals surface area contributed by atoms with Gasteiger partial charge in [0.05, 0.1) is 7.11 Å². The summed E-state index contributed by atoms with van der Waals surface area (Å²) in [5, 5.41) is 3.55. The Hall–Kier alpha value is -1.09. The summed E-state index contributed by atoms with van der Waals surface area (Å²) >= 11 is 0. The van der Waals surface area contributed by atoms with Gasteiger partial charge in [-0.3, -0.25) is 0 Å². The van der Waals surface area contributed by atoms with E-state index in [1.54, 1.807) is 12.1 Å². The highest BCUT2D eigenvalue weighted by Crippen LogP contribution is 2.37. The molecule has 1 fully saturated rings. The Balaban J connectivity index is 2.13. The maximum atomic E-state index is 14.0. The number of halogens is 1. The molecular formula is C18H28FNO. The van der Waals surface area contributed by atoms with Crippen LogP contribution in [0.4, 0.5) is 4.39 Å². The average molecular weight is 293 g/mol. The van der Waals surface area contributed by atoms with Gasteiger partial charge in [-0.1, -0.05) is 32.3 Å². The monoisotopic (exact) mass is 293 g/mol. The largest absolute Gasteiger partial charge is 0.494 e. The lowest BCUT2D eigenvalue weighted by atomic mass is 9.82. The number of methoxy groups -OCH3 is 1. The highest BCUT2D eigenvalue weighted by atomic mass is 19.1. The van der Waals surface area contributed by atoms with Gasteiger partial charge in [-0.05, 0) is 61.9 Å². The van der Waals surface area contributed by atoms with E-state index in [9.17, 15) is 4.39 Å². The number of benzene rings is 1. The fraction of sp³-hybridized carbons (Fsp3) is 0.667. The molecule has 2 nitrogen and oxygen atoms in total. The molecule has 3 heteroatoms. The second kappa shape index (κ2) is 8.38. The highest BCUT2D eigenvalue weighted by molar-refractivity contribution is 5.31. The summed E-state index contributed by atoms with van der Waals surface area (Å²) < 4.78 is 19.0. The molecule has 118 valence electrons. The van der Waals surface area contributed by atoms with Crippen LogP contribution in [0.25, 0.3) is 0 Å². The summed E-state index contributed by atoms with van der Waals surface area (Å²) in [7, 11) is 1.52. The van der Waals surface area contributed by atoms with Crippen molar-refractivity contribution in [1.29, 1.82) is 0 Å². The fourth-order valence-corrected chi connectivity index (χ4v) is 3.45. The molecule has 2 atom stereocenters. The molecule has 1 saturated carbocycles. The van der Waals surface area contributed by atoms with E-state index in [4.69, 9.17) is 4.74 Å². The van der Waals surface area contributed by atoms with Crippen molar-refractivity contribution in [2.75, 3.05) is 20.2 Å². The van der Waals surface area contributed by atoms with Gasteiger partial charge in [-0.15, -0.1) is 0 Å². The van der Waals surface area contributed by atoms with Gasteiger partial charge in [0, 0.05) is 0 Å². The molecule has 1 aromatic carbocycles. The van der Waals surface area contributed by atoms with Crippen molar-refractivity contribution in [3.63, 3.8) is 0 Å². The lowest BCUT2D eigenvalue weighted by Crippen LogP contribution is -2.27. The number of ether oxygens (including phenoxy) is 1. The van der Waals surface area contributed by atoms with Gasteiger partial charge < -0.3 is 10.1 Å². The molecule has 0 aliphatic heterocycles. The van der Waals surface area contributed by atoms with Crippen LogP contribution in [0.5, 0.6) is 5.75 Å². The Morgan fingerprint density at radius 2 is 2.05 bits per heavy atom. The minimum Gasteiger partial charge on any atom is -0.494 e. The minimum atomic E-state index is -0.237. The standard InChI is InChI=1S/C18H28FNO/c1-3-11-20-13-15-7-5-4-6-8-16(15)14-9-10-18(21-2)17(19)12-14/h9-10,12,15-16,20H,3-8,11,13H2,1-2H3. The van der Waals surface area contributed by atoms with E-state index in [1.165, 1.54) is 39.2 Å². The predicted molar refractivity (Wildman–Crippen MR) is 85.4 cm³/mol. The van der Waals surface area contributed by atoms with Crippen molar-refractivity contribution in [2.45, 2.75) is 51.4 Å². The van der Waals surface area contributed by atoms with Crippen molar-refractivity contribution in [3.05, 3.63) is 29.6 Å². The van der Waals surface area contributed by atoms with Crippen LogP contribution in [0.2, 0.25) is 0 Å². The van der Waals surface area contributed by atoms with Crippen LogP contribution < -0.4 is 10.1 Å². The van der Waals surface area contributed by atoms with Crippen LogP contribution in [-0.4, -0.2) is 20.2 Å². The summed E-state index contributed by atoms with van der Waals surface area (Å²) in [4.78, 5) is 0. The molecule has 0 radical (unpaired) electrons. The molecular weight excluding hydrogens is 265 g/mol. The molecule has 1 aromatic rings. The molecule has 0 spiro atoms. The molecule has 0 bridgehead atoms. The van der Waals surface area contributed by atoms with Gasteiger partial charge >= 0.3 is 0 Å². The fourth-order valence-electron chi connectivity index (χ4n) is 3.45. The maximum Gasteiger partial charge on any atom is 0.165 e. The van der Waals surface area contributed by atoms with Crippen LogP contribution >= 0.6 is 0 Å². The van der Waals surface area contributed by atoms with Gasteiger partial charge in [-0.25, -0.2) is 4.39 Å². The molecule has 2 rings (SSSR count). The summed E-state index contributed by atoms with van der Waals surface area (Å²) in [6.07, 6.45) is 7.43. The summed E-state index contributed by atoms with van der Waals surface area (Å²) in [6, 6.07) is 5.50. The Morgan fingerprint density at radius 3 is 2.76 bits per heavy atom. The van der Waals surface area contributed by atoms with Gasteiger partial charge in [0.2, 0.25) is 0 Å². The Kier molecular flexibility index (Phi) is 6.50. The number of hydrogen-bond donors (Lipinski definition) is 1. The number of rotatable bonds is 6. The topological polar surface area (TPSA) is 21.3 Å². The molecule has 1 N–H and O–H groups in total. The molecule has 2 unspecified atom stereocenters. The van der Waals surface area contributed by atoms with Crippen LogP contribution in [0.3, 0.4) is 0 Å². The van der Waals surface area contributed by atoms with Crippen LogP contribution in [0, 0.1) is 11.7 Å². The smallest absolute Gasteiger partial charge is 0.165 e. The third kappa shape index (κ3) is 4.44. The molecule has 0 amide bonds. The quantitative estimate of drug-likeness (QED) is 0.616. The molecule has 0 aromatic heterocycles. The average Bonchev–Trinajstić information content (AvgIpc) is 2.73. The number of hydrogen-bond acceptors (Lipinski definition) is 2. The molecule has 21 heavy (non-hydrogen) atoms. The first-order chi connectivity index (χ1) is 10.3. The highest BCUT2D eigenvalue weighted by Gasteiger charge is 2.25. The third-order valence-electron chi connectivity index (χ3n) is 4.60. The van der Waals surface area contributed by atoms with Crippen molar-refractivity contribution in [2.24, 2.45) is 5.92 Å². The lowest BCUT2D eigenvalue weighted by molar-refractivity contribution is 0.369. The zero-order valence-corrected chi connectivity index (χ0v) is 13.3. The first-order valence-electron chi connectivity index (χ1n) is 8.30. The van der Waals surface area contributed by atoms with Crippen molar-refractivity contribution in [3.8, 4) is 5.75 Å². The van der Waals surface area contributed by atoms with Crippen LogP contribution in [-0.2, 0) is 0 Å². The van der Waals surface area contributed by atoms with E-state index in [0.29, 0.717) is 17.6 Å². The molecule has 0 heterocycles. The summed E-state index contributed by atoms with van der Waals surface area (Å²) in [5.41, 5.74) is 1.14. The molecule has 1 aliphatic carbocycles.